The van der Waals surface area contributed by atoms with Crippen LogP contribution >= 0.6 is 0 Å². The molecule has 2 amide bonds. The number of hydrogen-bond donors (Lipinski definition) is 1. The van der Waals surface area contributed by atoms with Crippen LogP contribution in [-0.4, -0.2) is 49.2 Å². The first-order valence-corrected chi connectivity index (χ1v) is 10.8. The van der Waals surface area contributed by atoms with E-state index < -0.39 is 0 Å². The van der Waals surface area contributed by atoms with Crippen molar-refractivity contribution in [2.45, 2.75) is 38.6 Å². The van der Waals surface area contributed by atoms with Crippen molar-refractivity contribution in [3.05, 3.63) is 53.6 Å². The van der Waals surface area contributed by atoms with Crippen molar-refractivity contribution in [1.82, 2.24) is 10.2 Å². The van der Waals surface area contributed by atoms with Gasteiger partial charge in [-0.3, -0.25) is 9.59 Å². The summed E-state index contributed by atoms with van der Waals surface area (Å²) in [6.07, 6.45) is 3.57. The molecule has 2 aromatic rings. The van der Waals surface area contributed by atoms with Crippen molar-refractivity contribution in [2.24, 2.45) is 0 Å². The Labute approximate surface area is 182 Å². The van der Waals surface area contributed by atoms with Gasteiger partial charge in [-0.25, -0.2) is 0 Å². The van der Waals surface area contributed by atoms with Gasteiger partial charge in [0.25, 0.3) is 11.8 Å². The number of fused-ring (bicyclic) bond motifs is 1. The molecule has 7 nitrogen and oxygen atoms in total. The lowest BCUT2D eigenvalue weighted by molar-refractivity contribution is -0.124. The summed E-state index contributed by atoms with van der Waals surface area (Å²) in [6.45, 7) is 3.51. The van der Waals surface area contributed by atoms with Crippen LogP contribution in [0.15, 0.2) is 42.5 Å². The number of carbonyl (C=O) groups is 2. The normalized spacial score (nSPS) is 15.6. The number of piperidine rings is 1. The van der Waals surface area contributed by atoms with Crippen LogP contribution in [-0.2, 0) is 11.2 Å². The molecule has 0 atom stereocenters. The summed E-state index contributed by atoms with van der Waals surface area (Å²) in [6, 6.07) is 13.2. The minimum atomic E-state index is -0.141. The largest absolute Gasteiger partial charge is 0.484 e. The van der Waals surface area contributed by atoms with Crippen molar-refractivity contribution >= 4 is 11.8 Å². The molecule has 1 N–H and O–H groups in total. The van der Waals surface area contributed by atoms with E-state index in [2.05, 4.69) is 12.2 Å². The zero-order chi connectivity index (χ0) is 21.6. The Kier molecular flexibility index (Phi) is 6.60. The molecule has 4 rings (SSSR count). The fourth-order valence-electron chi connectivity index (χ4n) is 3.90. The van der Waals surface area contributed by atoms with Crippen LogP contribution in [0.2, 0.25) is 0 Å². The lowest BCUT2D eigenvalue weighted by atomic mass is 10.0. The van der Waals surface area contributed by atoms with Crippen molar-refractivity contribution in [2.75, 3.05) is 26.5 Å². The average molecular weight is 424 g/mol. The van der Waals surface area contributed by atoms with Crippen LogP contribution in [0.25, 0.3) is 0 Å². The maximum atomic E-state index is 12.8. The van der Waals surface area contributed by atoms with Crippen LogP contribution in [0, 0.1) is 0 Å². The van der Waals surface area contributed by atoms with Crippen LogP contribution in [0.4, 0.5) is 0 Å². The monoisotopic (exact) mass is 424 g/mol. The second kappa shape index (κ2) is 9.73. The Bertz CT molecular complexity index is 920. The minimum absolute atomic E-state index is 0.0105. The highest BCUT2D eigenvalue weighted by atomic mass is 16.7. The minimum Gasteiger partial charge on any atom is -0.484 e. The molecule has 2 heterocycles. The van der Waals surface area contributed by atoms with E-state index in [-0.39, 0.29) is 31.3 Å². The fourth-order valence-corrected chi connectivity index (χ4v) is 3.90. The summed E-state index contributed by atoms with van der Waals surface area (Å²) in [5, 5.41) is 3.02. The van der Waals surface area contributed by atoms with E-state index in [1.165, 1.54) is 5.56 Å². The summed E-state index contributed by atoms with van der Waals surface area (Å²) in [4.78, 5) is 26.8. The number of hydrogen-bond acceptors (Lipinski definition) is 5. The Morgan fingerprint density at radius 2 is 1.81 bits per heavy atom. The van der Waals surface area contributed by atoms with Crippen LogP contribution in [0.1, 0.15) is 42.1 Å². The first-order chi connectivity index (χ1) is 15.1. The highest BCUT2D eigenvalue weighted by Gasteiger charge is 2.26. The molecule has 31 heavy (non-hydrogen) atoms. The van der Waals surface area contributed by atoms with Crippen molar-refractivity contribution in [3.63, 3.8) is 0 Å². The van der Waals surface area contributed by atoms with Gasteiger partial charge in [-0.2, -0.15) is 0 Å². The standard InChI is InChI=1S/C24H28N2O5/c1-2-3-17-4-7-20(8-5-17)29-15-23(27)25-19-10-12-26(13-11-19)24(28)18-6-9-21-22(14-18)31-16-30-21/h4-9,14,19H,2-3,10-13,15-16H2,1H3,(H,25,27). The third-order valence-corrected chi connectivity index (χ3v) is 5.60. The van der Waals surface area contributed by atoms with E-state index in [0.29, 0.717) is 48.7 Å². The second-order valence-electron chi connectivity index (χ2n) is 7.88. The summed E-state index contributed by atoms with van der Waals surface area (Å²) in [5.74, 6) is 1.79. The molecular formula is C24H28N2O5. The molecule has 0 radical (unpaired) electrons. The Hall–Kier alpha value is -3.22. The number of rotatable bonds is 7. The molecular weight excluding hydrogens is 396 g/mol. The van der Waals surface area contributed by atoms with Gasteiger partial charge < -0.3 is 24.4 Å². The number of benzene rings is 2. The Balaban J connectivity index is 1.20. The number of amides is 2. The van der Waals surface area contributed by atoms with Gasteiger partial charge in [0.05, 0.1) is 0 Å². The van der Waals surface area contributed by atoms with Crippen LogP contribution < -0.4 is 19.5 Å². The Morgan fingerprint density at radius 1 is 1.06 bits per heavy atom. The number of carbonyl (C=O) groups excluding carboxylic acids is 2. The first kappa shape index (κ1) is 21.0. The third kappa shape index (κ3) is 5.29. The maximum absolute atomic E-state index is 12.8. The number of likely N-dealkylation sites (tertiary alicyclic amines) is 1. The van der Waals surface area contributed by atoms with Gasteiger partial charge >= 0.3 is 0 Å². The molecule has 0 saturated carbocycles. The molecule has 0 bridgehead atoms. The van der Waals surface area contributed by atoms with Gasteiger partial charge in [-0.05, 0) is 55.2 Å². The first-order valence-electron chi connectivity index (χ1n) is 10.8. The molecule has 0 spiro atoms. The van der Waals surface area contributed by atoms with Crippen molar-refractivity contribution in [1.29, 1.82) is 0 Å². The van der Waals surface area contributed by atoms with Gasteiger partial charge in [-0.1, -0.05) is 25.5 Å². The molecule has 1 fully saturated rings. The summed E-state index contributed by atoms with van der Waals surface area (Å²) in [7, 11) is 0. The van der Waals surface area contributed by atoms with E-state index in [0.717, 1.165) is 12.8 Å². The van der Waals surface area contributed by atoms with Gasteiger partial charge in [0, 0.05) is 24.7 Å². The lowest BCUT2D eigenvalue weighted by Crippen LogP contribution is -2.47. The van der Waals surface area contributed by atoms with E-state index in [1.807, 2.05) is 29.2 Å². The summed E-state index contributed by atoms with van der Waals surface area (Å²) in [5.41, 5.74) is 1.85. The van der Waals surface area contributed by atoms with E-state index in [1.54, 1.807) is 18.2 Å². The van der Waals surface area contributed by atoms with Crippen LogP contribution in [0.3, 0.4) is 0 Å². The number of nitrogens with zero attached hydrogens (tertiary/aromatic N) is 1. The quantitative estimate of drug-likeness (QED) is 0.739. The SMILES string of the molecule is CCCc1ccc(OCC(=O)NC2CCN(C(=O)c3ccc4c(c3)OCO4)CC2)cc1. The van der Waals surface area contributed by atoms with Gasteiger partial charge in [0.1, 0.15) is 5.75 Å². The summed E-state index contributed by atoms with van der Waals surface area (Å²) < 4.78 is 16.2. The third-order valence-electron chi connectivity index (χ3n) is 5.60. The van der Waals surface area contributed by atoms with Crippen molar-refractivity contribution < 1.29 is 23.8 Å². The molecule has 0 unspecified atom stereocenters. The number of ether oxygens (including phenoxy) is 3. The second-order valence-corrected chi connectivity index (χ2v) is 7.88. The van der Waals surface area contributed by atoms with E-state index in [9.17, 15) is 9.59 Å². The Morgan fingerprint density at radius 3 is 2.55 bits per heavy atom. The molecule has 0 aromatic heterocycles. The molecule has 164 valence electrons. The highest BCUT2D eigenvalue weighted by molar-refractivity contribution is 5.95. The zero-order valence-electron chi connectivity index (χ0n) is 17.8. The highest BCUT2D eigenvalue weighted by Crippen LogP contribution is 2.33. The van der Waals surface area contributed by atoms with Crippen LogP contribution in [0.5, 0.6) is 17.2 Å². The topological polar surface area (TPSA) is 77.1 Å². The van der Waals surface area contributed by atoms with E-state index >= 15 is 0 Å². The smallest absolute Gasteiger partial charge is 0.258 e. The van der Waals surface area contributed by atoms with Gasteiger partial charge in [0.2, 0.25) is 6.79 Å². The number of nitrogens with one attached hydrogen (secondary N) is 1. The molecule has 0 aliphatic carbocycles. The molecule has 7 heteroatoms. The molecule has 2 aliphatic rings. The summed E-state index contributed by atoms with van der Waals surface area (Å²) >= 11 is 0. The molecule has 2 aliphatic heterocycles. The lowest BCUT2D eigenvalue weighted by Gasteiger charge is -2.32. The van der Waals surface area contributed by atoms with Gasteiger partial charge in [0.15, 0.2) is 18.1 Å². The number of aryl methyl sites for hydroxylation is 1. The van der Waals surface area contributed by atoms with E-state index in [4.69, 9.17) is 14.2 Å². The average Bonchev–Trinajstić information content (AvgIpc) is 3.27. The van der Waals surface area contributed by atoms with Crippen molar-refractivity contribution in [3.8, 4) is 17.2 Å². The predicted molar refractivity (Wildman–Crippen MR) is 116 cm³/mol. The predicted octanol–water partition coefficient (Wildman–Crippen LogP) is 3.17. The molecule has 1 saturated heterocycles. The molecule has 2 aromatic carbocycles. The van der Waals surface area contributed by atoms with Gasteiger partial charge in [-0.15, -0.1) is 0 Å². The maximum Gasteiger partial charge on any atom is 0.258 e. The zero-order valence-corrected chi connectivity index (χ0v) is 17.8. The fraction of sp³-hybridized carbons (Fsp3) is 0.417.